The van der Waals surface area contributed by atoms with Crippen LogP contribution in [0.25, 0.3) is 6.08 Å². The first-order chi connectivity index (χ1) is 13.0. The minimum atomic E-state index is -0.647. The Labute approximate surface area is 156 Å². The van der Waals surface area contributed by atoms with E-state index >= 15 is 0 Å². The molecule has 27 heavy (non-hydrogen) atoms. The monoisotopic (exact) mass is 372 g/mol. The number of fused-ring (bicyclic) bond motifs is 1. The predicted octanol–water partition coefficient (Wildman–Crippen LogP) is 2.46. The van der Waals surface area contributed by atoms with Crippen molar-refractivity contribution in [3.8, 4) is 23.0 Å². The molecule has 7 heteroatoms. The number of esters is 1. The Morgan fingerprint density at radius 2 is 1.96 bits per heavy atom. The van der Waals surface area contributed by atoms with Crippen molar-refractivity contribution in [1.29, 1.82) is 0 Å². The Morgan fingerprint density at radius 3 is 2.67 bits per heavy atom. The van der Waals surface area contributed by atoms with E-state index in [-0.39, 0.29) is 12.4 Å². The summed E-state index contributed by atoms with van der Waals surface area (Å²) < 4.78 is 21.6. The topological polar surface area (TPSA) is 94.5 Å². The van der Waals surface area contributed by atoms with Crippen LogP contribution in [0.3, 0.4) is 0 Å². The van der Waals surface area contributed by atoms with Crippen LogP contribution in [0.15, 0.2) is 42.5 Å². The van der Waals surface area contributed by atoms with E-state index in [0.29, 0.717) is 22.8 Å². The average molecular weight is 372 g/mol. The first-order valence-corrected chi connectivity index (χ1v) is 8.27. The highest BCUT2D eigenvalue weighted by atomic mass is 16.6. The number of carbonyl (C=O) groups excluding carboxylic acids is 1. The summed E-state index contributed by atoms with van der Waals surface area (Å²) in [6.45, 7) is -0.268. The SMILES string of the molecule is COC(=O)/C=C/c1ccc2c(c1)O[C@@H](CO)[C@H](c1ccc(O)c(OC)c1)O2. The van der Waals surface area contributed by atoms with E-state index < -0.39 is 18.2 Å². The zero-order chi connectivity index (χ0) is 19.4. The highest BCUT2D eigenvalue weighted by molar-refractivity contribution is 5.87. The number of benzene rings is 2. The molecule has 7 nitrogen and oxygen atoms in total. The van der Waals surface area contributed by atoms with Crippen LogP contribution in [0.4, 0.5) is 0 Å². The maximum absolute atomic E-state index is 11.2. The molecule has 2 N–H and O–H groups in total. The number of phenols is 1. The zero-order valence-corrected chi connectivity index (χ0v) is 14.9. The van der Waals surface area contributed by atoms with Crippen LogP contribution in [0.5, 0.6) is 23.0 Å². The van der Waals surface area contributed by atoms with E-state index in [1.54, 1.807) is 36.4 Å². The van der Waals surface area contributed by atoms with E-state index in [1.807, 2.05) is 0 Å². The van der Waals surface area contributed by atoms with Crippen LogP contribution in [-0.4, -0.2) is 43.1 Å². The number of ether oxygens (including phenoxy) is 4. The Morgan fingerprint density at radius 1 is 1.15 bits per heavy atom. The highest BCUT2D eigenvalue weighted by Crippen LogP contribution is 2.41. The number of phenolic OH excluding ortho intramolecular Hbond substituents is 1. The van der Waals surface area contributed by atoms with Crippen molar-refractivity contribution < 1.29 is 34.0 Å². The molecule has 2 aromatic rings. The average Bonchev–Trinajstić information content (AvgIpc) is 2.71. The van der Waals surface area contributed by atoms with Gasteiger partial charge in [0.05, 0.1) is 20.8 Å². The minimum Gasteiger partial charge on any atom is -0.504 e. The fourth-order valence-corrected chi connectivity index (χ4v) is 2.77. The molecule has 0 aromatic heterocycles. The number of aromatic hydroxyl groups is 1. The molecule has 0 spiro atoms. The van der Waals surface area contributed by atoms with E-state index in [2.05, 4.69) is 4.74 Å². The van der Waals surface area contributed by atoms with Crippen LogP contribution in [0, 0.1) is 0 Å². The summed E-state index contributed by atoms with van der Waals surface area (Å²) in [4.78, 5) is 11.2. The van der Waals surface area contributed by atoms with Gasteiger partial charge >= 0.3 is 5.97 Å². The van der Waals surface area contributed by atoms with Crippen LogP contribution in [0.2, 0.25) is 0 Å². The molecule has 142 valence electrons. The van der Waals surface area contributed by atoms with Gasteiger partial charge in [-0.2, -0.15) is 0 Å². The molecule has 2 aromatic carbocycles. The normalized spacial score (nSPS) is 18.3. The smallest absolute Gasteiger partial charge is 0.330 e. The molecule has 0 amide bonds. The second kappa shape index (κ2) is 8.01. The molecule has 0 saturated heterocycles. The molecular weight excluding hydrogens is 352 g/mol. The molecule has 0 saturated carbocycles. The number of carbonyl (C=O) groups is 1. The summed E-state index contributed by atoms with van der Waals surface area (Å²) in [5, 5.41) is 19.5. The molecule has 1 aliphatic rings. The number of hydrogen-bond acceptors (Lipinski definition) is 7. The summed E-state index contributed by atoms with van der Waals surface area (Å²) in [6, 6.07) is 10.0. The van der Waals surface area contributed by atoms with Gasteiger partial charge < -0.3 is 29.2 Å². The van der Waals surface area contributed by atoms with Crippen LogP contribution in [0.1, 0.15) is 17.2 Å². The maximum atomic E-state index is 11.2. The third kappa shape index (κ3) is 3.98. The van der Waals surface area contributed by atoms with Gasteiger partial charge in [0.15, 0.2) is 35.2 Å². The zero-order valence-electron chi connectivity index (χ0n) is 14.9. The number of methoxy groups -OCH3 is 2. The van der Waals surface area contributed by atoms with Crippen molar-refractivity contribution in [3.05, 3.63) is 53.6 Å². The molecule has 0 radical (unpaired) electrons. The van der Waals surface area contributed by atoms with Gasteiger partial charge in [0, 0.05) is 11.6 Å². The van der Waals surface area contributed by atoms with Crippen molar-refractivity contribution in [2.24, 2.45) is 0 Å². The Balaban J connectivity index is 1.88. The molecule has 3 rings (SSSR count). The lowest BCUT2D eigenvalue weighted by Crippen LogP contribution is -2.36. The van der Waals surface area contributed by atoms with Crippen molar-refractivity contribution in [1.82, 2.24) is 0 Å². The van der Waals surface area contributed by atoms with Gasteiger partial charge in [-0.1, -0.05) is 12.1 Å². The molecule has 0 unspecified atom stereocenters. The Kier molecular flexibility index (Phi) is 5.52. The predicted molar refractivity (Wildman–Crippen MR) is 97.0 cm³/mol. The Hall–Kier alpha value is -3.19. The van der Waals surface area contributed by atoms with Crippen LogP contribution >= 0.6 is 0 Å². The minimum absolute atomic E-state index is 0.0148. The van der Waals surface area contributed by atoms with Gasteiger partial charge in [-0.15, -0.1) is 0 Å². The first-order valence-electron chi connectivity index (χ1n) is 8.27. The molecule has 1 aliphatic heterocycles. The lowest BCUT2D eigenvalue weighted by atomic mass is 10.0. The van der Waals surface area contributed by atoms with Crippen molar-refractivity contribution in [3.63, 3.8) is 0 Å². The van der Waals surface area contributed by atoms with Crippen LogP contribution < -0.4 is 14.2 Å². The van der Waals surface area contributed by atoms with Crippen molar-refractivity contribution in [2.75, 3.05) is 20.8 Å². The fraction of sp³-hybridized carbons (Fsp3) is 0.250. The van der Waals surface area contributed by atoms with Gasteiger partial charge in [-0.05, 0) is 35.9 Å². The van der Waals surface area contributed by atoms with E-state index in [0.717, 1.165) is 5.56 Å². The molecular formula is C20H20O7. The lowest BCUT2D eigenvalue weighted by molar-refractivity contribution is -0.134. The standard InChI is InChI=1S/C20H20O7/c1-24-16-10-13(5-6-14(16)22)20-18(11-21)26-17-9-12(3-7-15(17)27-20)4-8-19(23)25-2/h3-10,18,20-22H,11H2,1-2H3/b8-4+/t18-,20-/m0/s1. The molecule has 0 bridgehead atoms. The lowest BCUT2D eigenvalue weighted by Gasteiger charge is -2.33. The van der Waals surface area contributed by atoms with Gasteiger partial charge in [0.1, 0.15) is 0 Å². The number of hydrogen-bond donors (Lipinski definition) is 2. The third-order valence-electron chi connectivity index (χ3n) is 4.16. The number of aliphatic hydroxyl groups excluding tert-OH is 1. The van der Waals surface area contributed by atoms with E-state index in [9.17, 15) is 15.0 Å². The van der Waals surface area contributed by atoms with Gasteiger partial charge in [0.25, 0.3) is 0 Å². The van der Waals surface area contributed by atoms with E-state index in [1.165, 1.54) is 26.4 Å². The summed E-state index contributed by atoms with van der Waals surface area (Å²) in [5.41, 5.74) is 1.42. The third-order valence-corrected chi connectivity index (χ3v) is 4.16. The Bertz CT molecular complexity index is 859. The number of rotatable bonds is 5. The second-order valence-electron chi connectivity index (χ2n) is 5.87. The van der Waals surface area contributed by atoms with Gasteiger partial charge in [0.2, 0.25) is 0 Å². The first kappa shape index (κ1) is 18.6. The van der Waals surface area contributed by atoms with Gasteiger partial charge in [-0.25, -0.2) is 4.79 Å². The summed E-state index contributed by atoms with van der Waals surface area (Å²) in [7, 11) is 2.76. The number of aliphatic hydroxyl groups is 1. The van der Waals surface area contributed by atoms with E-state index in [4.69, 9.17) is 14.2 Å². The van der Waals surface area contributed by atoms with Crippen LogP contribution in [-0.2, 0) is 9.53 Å². The largest absolute Gasteiger partial charge is 0.504 e. The fourth-order valence-electron chi connectivity index (χ4n) is 2.77. The molecule has 0 aliphatic carbocycles. The maximum Gasteiger partial charge on any atom is 0.330 e. The second-order valence-corrected chi connectivity index (χ2v) is 5.87. The molecule has 0 fully saturated rings. The quantitative estimate of drug-likeness (QED) is 0.615. The summed E-state index contributed by atoms with van der Waals surface area (Å²) >= 11 is 0. The highest BCUT2D eigenvalue weighted by Gasteiger charge is 2.33. The summed E-state index contributed by atoms with van der Waals surface area (Å²) in [6.07, 6.45) is 1.68. The van der Waals surface area contributed by atoms with Gasteiger partial charge in [-0.3, -0.25) is 0 Å². The van der Waals surface area contributed by atoms with Crippen molar-refractivity contribution in [2.45, 2.75) is 12.2 Å². The van der Waals surface area contributed by atoms with Crippen molar-refractivity contribution >= 4 is 12.0 Å². The molecule has 1 heterocycles. The summed E-state index contributed by atoms with van der Waals surface area (Å²) in [5.74, 6) is 0.831. The molecule has 2 atom stereocenters.